The zero-order chi connectivity index (χ0) is 12.4. The fraction of sp³-hybridized carbons (Fsp3) is 0.500. The van der Waals surface area contributed by atoms with Crippen LogP contribution < -0.4 is 10.6 Å². The van der Waals surface area contributed by atoms with Crippen molar-refractivity contribution in [1.29, 1.82) is 5.26 Å². The standard InChI is InChI=1S/C14H19N3/c1-10-8-17(9-11(10)2)13-3-4-14(16)12(7-13)5-6-15/h3-4,7,10-11H,5,8-9,16H2,1-2H3. The van der Waals surface area contributed by atoms with Crippen molar-refractivity contribution in [3.8, 4) is 6.07 Å². The summed E-state index contributed by atoms with van der Waals surface area (Å²) in [6.45, 7) is 6.77. The van der Waals surface area contributed by atoms with Gasteiger partial charge in [-0.3, -0.25) is 0 Å². The monoisotopic (exact) mass is 229 g/mol. The Labute approximate surface area is 103 Å². The number of hydrogen-bond acceptors (Lipinski definition) is 3. The molecule has 2 atom stereocenters. The second-order valence-electron chi connectivity index (χ2n) is 5.08. The highest BCUT2D eigenvalue weighted by Crippen LogP contribution is 2.29. The molecule has 0 aromatic heterocycles. The summed E-state index contributed by atoms with van der Waals surface area (Å²) in [4.78, 5) is 2.38. The van der Waals surface area contributed by atoms with Crippen LogP contribution in [0, 0.1) is 23.2 Å². The van der Waals surface area contributed by atoms with E-state index in [1.165, 1.54) is 5.69 Å². The van der Waals surface area contributed by atoms with Gasteiger partial charge in [-0.1, -0.05) is 13.8 Å². The average molecular weight is 229 g/mol. The lowest BCUT2D eigenvalue weighted by atomic mass is 10.0. The van der Waals surface area contributed by atoms with Crippen LogP contribution in [-0.2, 0) is 6.42 Å². The molecule has 2 N–H and O–H groups in total. The van der Waals surface area contributed by atoms with Crippen LogP contribution in [0.1, 0.15) is 19.4 Å². The van der Waals surface area contributed by atoms with Gasteiger partial charge in [-0.15, -0.1) is 0 Å². The minimum Gasteiger partial charge on any atom is -0.398 e. The van der Waals surface area contributed by atoms with Crippen molar-refractivity contribution >= 4 is 11.4 Å². The lowest BCUT2D eigenvalue weighted by Gasteiger charge is -2.19. The van der Waals surface area contributed by atoms with Gasteiger partial charge in [0.25, 0.3) is 0 Å². The molecule has 1 aliphatic heterocycles. The molecule has 3 nitrogen and oxygen atoms in total. The van der Waals surface area contributed by atoms with Gasteiger partial charge in [0.2, 0.25) is 0 Å². The number of rotatable bonds is 2. The van der Waals surface area contributed by atoms with Gasteiger partial charge in [0.1, 0.15) is 0 Å². The zero-order valence-electron chi connectivity index (χ0n) is 10.5. The van der Waals surface area contributed by atoms with Crippen LogP contribution in [0.4, 0.5) is 11.4 Å². The van der Waals surface area contributed by atoms with Crippen molar-refractivity contribution in [2.45, 2.75) is 20.3 Å². The molecule has 1 aliphatic rings. The normalized spacial score (nSPS) is 23.7. The number of hydrogen-bond donors (Lipinski definition) is 1. The van der Waals surface area contributed by atoms with Gasteiger partial charge in [-0.25, -0.2) is 0 Å². The molecule has 2 rings (SSSR count). The van der Waals surface area contributed by atoms with E-state index in [-0.39, 0.29) is 0 Å². The first kappa shape index (κ1) is 11.8. The summed E-state index contributed by atoms with van der Waals surface area (Å²) in [7, 11) is 0. The van der Waals surface area contributed by atoms with Crippen LogP contribution in [0.25, 0.3) is 0 Å². The predicted molar refractivity (Wildman–Crippen MR) is 70.7 cm³/mol. The average Bonchev–Trinajstić information content (AvgIpc) is 2.63. The van der Waals surface area contributed by atoms with E-state index in [9.17, 15) is 0 Å². The van der Waals surface area contributed by atoms with E-state index in [0.29, 0.717) is 6.42 Å². The summed E-state index contributed by atoms with van der Waals surface area (Å²) >= 11 is 0. The maximum atomic E-state index is 8.77. The molecule has 0 saturated carbocycles. The fourth-order valence-corrected chi connectivity index (χ4v) is 2.37. The number of benzene rings is 1. The van der Waals surface area contributed by atoms with Gasteiger partial charge in [0.05, 0.1) is 12.5 Å². The van der Waals surface area contributed by atoms with E-state index in [2.05, 4.69) is 36.9 Å². The second kappa shape index (κ2) is 4.67. The van der Waals surface area contributed by atoms with E-state index in [1.54, 1.807) is 0 Å². The Morgan fingerprint density at radius 1 is 1.35 bits per heavy atom. The number of nitriles is 1. The highest BCUT2D eigenvalue weighted by Gasteiger charge is 2.26. The first-order valence-electron chi connectivity index (χ1n) is 6.12. The molecule has 0 amide bonds. The minimum atomic E-state index is 0.388. The Hall–Kier alpha value is -1.69. The summed E-state index contributed by atoms with van der Waals surface area (Å²) in [5, 5.41) is 8.77. The Balaban J connectivity index is 2.23. The number of nitrogens with two attached hydrogens (primary N) is 1. The maximum absolute atomic E-state index is 8.77. The van der Waals surface area contributed by atoms with Gasteiger partial charge in [-0.2, -0.15) is 5.26 Å². The SMILES string of the molecule is CC1CN(c2ccc(N)c(CC#N)c2)CC1C. The van der Waals surface area contributed by atoms with Crippen molar-refractivity contribution in [2.75, 3.05) is 23.7 Å². The molecule has 1 saturated heterocycles. The second-order valence-corrected chi connectivity index (χ2v) is 5.08. The van der Waals surface area contributed by atoms with E-state index in [0.717, 1.165) is 36.2 Å². The van der Waals surface area contributed by atoms with Crippen LogP contribution in [0.5, 0.6) is 0 Å². The number of anilines is 2. The van der Waals surface area contributed by atoms with E-state index >= 15 is 0 Å². The lowest BCUT2D eigenvalue weighted by molar-refractivity contribution is 0.494. The summed E-state index contributed by atoms with van der Waals surface area (Å²) in [6.07, 6.45) is 0.388. The van der Waals surface area contributed by atoms with Crippen molar-refractivity contribution < 1.29 is 0 Å². The van der Waals surface area contributed by atoms with Crippen molar-refractivity contribution in [3.63, 3.8) is 0 Å². The van der Waals surface area contributed by atoms with Gasteiger partial charge < -0.3 is 10.6 Å². The largest absolute Gasteiger partial charge is 0.398 e. The Kier molecular flexibility index (Phi) is 3.23. The molecule has 3 heteroatoms. The quantitative estimate of drug-likeness (QED) is 0.792. The van der Waals surface area contributed by atoms with Crippen molar-refractivity contribution in [3.05, 3.63) is 23.8 Å². The topological polar surface area (TPSA) is 53.0 Å². The first-order valence-corrected chi connectivity index (χ1v) is 6.12. The third-order valence-electron chi connectivity index (χ3n) is 3.75. The summed E-state index contributed by atoms with van der Waals surface area (Å²) in [6, 6.07) is 8.19. The first-order chi connectivity index (χ1) is 8.11. The maximum Gasteiger partial charge on any atom is 0.0670 e. The van der Waals surface area contributed by atoms with Gasteiger partial charge in [-0.05, 0) is 35.6 Å². The third-order valence-corrected chi connectivity index (χ3v) is 3.75. The van der Waals surface area contributed by atoms with Crippen LogP contribution in [-0.4, -0.2) is 13.1 Å². The minimum absolute atomic E-state index is 0.388. The summed E-state index contributed by atoms with van der Waals surface area (Å²) in [5.74, 6) is 1.46. The molecular weight excluding hydrogens is 210 g/mol. The van der Waals surface area contributed by atoms with Crippen molar-refractivity contribution in [1.82, 2.24) is 0 Å². The molecule has 0 radical (unpaired) electrons. The Bertz CT molecular complexity index is 437. The predicted octanol–water partition coefficient (Wildman–Crippen LogP) is 2.43. The van der Waals surface area contributed by atoms with Crippen LogP contribution >= 0.6 is 0 Å². The molecule has 1 aromatic carbocycles. The summed E-state index contributed by atoms with van der Waals surface area (Å²) < 4.78 is 0. The van der Waals surface area contributed by atoms with Crippen LogP contribution in [0.2, 0.25) is 0 Å². The van der Waals surface area contributed by atoms with Gasteiger partial charge >= 0.3 is 0 Å². The fourth-order valence-electron chi connectivity index (χ4n) is 2.37. The zero-order valence-corrected chi connectivity index (χ0v) is 10.5. The molecule has 1 aromatic rings. The van der Waals surface area contributed by atoms with E-state index in [4.69, 9.17) is 11.0 Å². The van der Waals surface area contributed by atoms with Gasteiger partial charge in [0.15, 0.2) is 0 Å². The third kappa shape index (κ3) is 2.36. The summed E-state index contributed by atoms with van der Waals surface area (Å²) in [5.41, 5.74) is 8.71. The van der Waals surface area contributed by atoms with Gasteiger partial charge in [0, 0.05) is 24.5 Å². The smallest absolute Gasteiger partial charge is 0.0670 e. The Morgan fingerprint density at radius 3 is 2.59 bits per heavy atom. The Morgan fingerprint density at radius 2 is 2.00 bits per heavy atom. The number of nitrogens with zero attached hydrogens (tertiary/aromatic N) is 2. The molecule has 0 aliphatic carbocycles. The number of nitrogen functional groups attached to an aromatic ring is 1. The molecule has 0 bridgehead atoms. The lowest BCUT2D eigenvalue weighted by Crippen LogP contribution is -2.19. The van der Waals surface area contributed by atoms with Crippen LogP contribution in [0.15, 0.2) is 18.2 Å². The molecule has 1 fully saturated rings. The molecule has 17 heavy (non-hydrogen) atoms. The van der Waals surface area contributed by atoms with E-state index < -0.39 is 0 Å². The molecule has 0 spiro atoms. The molecule has 90 valence electrons. The van der Waals surface area contributed by atoms with Crippen LogP contribution in [0.3, 0.4) is 0 Å². The molecular formula is C14H19N3. The molecule has 1 heterocycles. The van der Waals surface area contributed by atoms with E-state index in [1.807, 2.05) is 6.07 Å². The highest BCUT2D eigenvalue weighted by atomic mass is 15.2. The molecule has 2 unspecified atom stereocenters. The van der Waals surface area contributed by atoms with Crippen molar-refractivity contribution in [2.24, 2.45) is 11.8 Å². The highest BCUT2D eigenvalue weighted by molar-refractivity contribution is 5.59.